The maximum Gasteiger partial charge on any atom is 0.315 e. The maximum atomic E-state index is 12.4. The van der Waals surface area contributed by atoms with Gasteiger partial charge in [0.2, 0.25) is 10.0 Å². The highest BCUT2D eigenvalue weighted by Gasteiger charge is 2.21. The normalized spacial score (nSPS) is 14.3. The molecule has 0 unspecified atom stereocenters. The van der Waals surface area contributed by atoms with Crippen LogP contribution in [-0.2, 0) is 36.0 Å². The largest absolute Gasteiger partial charge is 0.338 e. The Morgan fingerprint density at radius 3 is 2.72 bits per heavy atom. The second kappa shape index (κ2) is 9.36. The topological polar surface area (TPSA) is 109 Å². The number of carbonyl (C=O) groups is 1. The third-order valence-electron chi connectivity index (χ3n) is 4.99. The number of aromatic nitrogens is 3. The van der Waals surface area contributed by atoms with Gasteiger partial charge in [0.05, 0.1) is 4.90 Å². The van der Waals surface area contributed by atoms with Gasteiger partial charge in [0.1, 0.15) is 11.6 Å². The van der Waals surface area contributed by atoms with Gasteiger partial charge in [0, 0.05) is 46.6 Å². The van der Waals surface area contributed by atoms with Crippen molar-refractivity contribution >= 4 is 16.1 Å². The number of fused-ring (bicyclic) bond motifs is 1. The summed E-state index contributed by atoms with van der Waals surface area (Å²) in [5.41, 5.74) is 0.541. The molecular formula is C19H28N6O3S. The summed E-state index contributed by atoms with van der Waals surface area (Å²) in [5, 5.41) is 14.0. The molecule has 2 aromatic rings. The Kier molecular flexibility index (Phi) is 6.86. The summed E-state index contributed by atoms with van der Waals surface area (Å²) in [6, 6.07) is 6.31. The fraction of sp³-hybridized carbons (Fsp3) is 0.526. The fourth-order valence-electron chi connectivity index (χ4n) is 3.35. The lowest BCUT2D eigenvalue weighted by atomic mass is 10.2. The number of nitrogens with one attached hydrogen (secondary N) is 2. The number of nitrogens with zero attached hydrogens (tertiary/aromatic N) is 4. The van der Waals surface area contributed by atoms with E-state index in [1.807, 2.05) is 0 Å². The molecule has 2 N–H and O–H groups in total. The van der Waals surface area contributed by atoms with Crippen molar-refractivity contribution in [3.05, 3.63) is 41.5 Å². The van der Waals surface area contributed by atoms with Crippen molar-refractivity contribution < 1.29 is 13.2 Å². The molecule has 0 saturated heterocycles. The van der Waals surface area contributed by atoms with E-state index in [1.54, 1.807) is 24.3 Å². The number of urea groups is 1. The molecule has 0 atom stereocenters. The number of sulfonamides is 1. The van der Waals surface area contributed by atoms with Crippen LogP contribution in [0.25, 0.3) is 0 Å². The smallest absolute Gasteiger partial charge is 0.315 e. The van der Waals surface area contributed by atoms with Crippen molar-refractivity contribution in [1.29, 1.82) is 0 Å². The minimum atomic E-state index is -3.57. The van der Waals surface area contributed by atoms with Crippen molar-refractivity contribution in [3.8, 4) is 0 Å². The number of amides is 2. The molecule has 0 fully saturated rings. The first-order chi connectivity index (χ1) is 13.9. The minimum Gasteiger partial charge on any atom is -0.338 e. The van der Waals surface area contributed by atoms with Gasteiger partial charge in [0.15, 0.2) is 0 Å². The van der Waals surface area contributed by atoms with Crippen LogP contribution in [0.5, 0.6) is 0 Å². The van der Waals surface area contributed by atoms with E-state index < -0.39 is 10.0 Å². The number of rotatable bonds is 7. The van der Waals surface area contributed by atoms with Gasteiger partial charge >= 0.3 is 6.03 Å². The Balaban J connectivity index is 1.52. The molecule has 9 nitrogen and oxygen atoms in total. The van der Waals surface area contributed by atoms with E-state index in [2.05, 4.69) is 25.4 Å². The Bertz CT molecular complexity index is 955. The molecule has 0 spiro atoms. The van der Waals surface area contributed by atoms with Gasteiger partial charge in [0.25, 0.3) is 0 Å². The lowest BCUT2D eigenvalue weighted by molar-refractivity contribution is 0.240. The zero-order chi connectivity index (χ0) is 20.9. The van der Waals surface area contributed by atoms with Crippen LogP contribution < -0.4 is 10.6 Å². The van der Waals surface area contributed by atoms with E-state index >= 15 is 0 Å². The molecule has 29 heavy (non-hydrogen) atoms. The molecule has 1 aromatic heterocycles. The fourth-order valence-corrected chi connectivity index (χ4v) is 4.47. The lowest BCUT2D eigenvalue weighted by Crippen LogP contribution is -2.37. The first-order valence-corrected chi connectivity index (χ1v) is 11.3. The summed E-state index contributed by atoms with van der Waals surface area (Å²) in [6.07, 6.45) is 5.03. The first-order valence-electron chi connectivity index (χ1n) is 9.82. The highest BCUT2D eigenvalue weighted by atomic mass is 32.2. The first kappa shape index (κ1) is 21.3. The minimum absolute atomic E-state index is 0.120. The van der Waals surface area contributed by atoms with Gasteiger partial charge in [-0.15, -0.1) is 10.2 Å². The summed E-state index contributed by atoms with van der Waals surface area (Å²) in [4.78, 5) is 12.3. The van der Waals surface area contributed by atoms with Gasteiger partial charge in [-0.3, -0.25) is 0 Å². The zero-order valence-electron chi connectivity index (χ0n) is 16.9. The molecule has 2 amide bonds. The zero-order valence-corrected chi connectivity index (χ0v) is 17.7. The molecule has 0 radical (unpaired) electrons. The molecule has 1 aliphatic rings. The number of aryl methyl sites for hydroxylation is 1. The molecule has 10 heteroatoms. The molecule has 3 rings (SSSR count). The van der Waals surface area contributed by atoms with Crippen LogP contribution in [0.3, 0.4) is 0 Å². The molecule has 0 bridgehead atoms. The number of hydrogen-bond donors (Lipinski definition) is 2. The van der Waals surface area contributed by atoms with Crippen LogP contribution in [0.15, 0.2) is 29.2 Å². The monoisotopic (exact) mass is 420 g/mol. The SMILES string of the molecule is CN(C)S(=O)(=O)c1ccccc1CNC(=O)NCCc1nnc2n1CCCCC2. The van der Waals surface area contributed by atoms with E-state index in [-0.39, 0.29) is 17.5 Å². The van der Waals surface area contributed by atoms with Crippen LogP contribution in [0, 0.1) is 0 Å². The Labute approximate surface area is 171 Å². The van der Waals surface area contributed by atoms with Crippen LogP contribution in [-0.4, -0.2) is 54.2 Å². The highest BCUT2D eigenvalue weighted by molar-refractivity contribution is 7.89. The van der Waals surface area contributed by atoms with Crippen molar-refractivity contribution in [2.75, 3.05) is 20.6 Å². The van der Waals surface area contributed by atoms with Crippen molar-refractivity contribution in [1.82, 2.24) is 29.7 Å². The van der Waals surface area contributed by atoms with E-state index in [1.165, 1.54) is 20.5 Å². The third kappa shape index (κ3) is 5.13. The number of hydrogen-bond acceptors (Lipinski definition) is 5. The van der Waals surface area contributed by atoms with Crippen molar-refractivity contribution in [2.45, 2.75) is 50.1 Å². The Morgan fingerprint density at radius 1 is 1.14 bits per heavy atom. The molecule has 1 aromatic carbocycles. The maximum absolute atomic E-state index is 12.4. The van der Waals surface area contributed by atoms with E-state index in [4.69, 9.17) is 0 Å². The van der Waals surface area contributed by atoms with Crippen molar-refractivity contribution in [3.63, 3.8) is 0 Å². The Hall–Kier alpha value is -2.46. The predicted molar refractivity (Wildman–Crippen MR) is 109 cm³/mol. The molecule has 2 heterocycles. The standard InChI is InChI=1S/C19H28N6O3S/c1-24(2)29(27,28)16-9-6-5-8-15(16)14-21-19(26)20-12-11-18-23-22-17-10-4-3-7-13-25(17)18/h5-6,8-9H,3-4,7,10-14H2,1-2H3,(H2,20,21,26). The molecular weight excluding hydrogens is 392 g/mol. The quantitative estimate of drug-likeness (QED) is 0.702. The summed E-state index contributed by atoms with van der Waals surface area (Å²) < 4.78 is 28.2. The van der Waals surface area contributed by atoms with E-state index in [0.717, 1.165) is 41.8 Å². The average Bonchev–Trinajstić information content (AvgIpc) is 2.93. The molecule has 0 saturated carbocycles. The van der Waals surface area contributed by atoms with Gasteiger partial charge in [-0.25, -0.2) is 17.5 Å². The van der Waals surface area contributed by atoms with E-state index in [9.17, 15) is 13.2 Å². The van der Waals surface area contributed by atoms with Gasteiger partial charge in [-0.1, -0.05) is 24.6 Å². The average molecular weight is 421 g/mol. The molecule has 0 aliphatic carbocycles. The van der Waals surface area contributed by atoms with Crippen LogP contribution in [0.4, 0.5) is 4.79 Å². The molecule has 1 aliphatic heterocycles. The summed E-state index contributed by atoms with van der Waals surface area (Å²) in [7, 11) is -0.603. The van der Waals surface area contributed by atoms with Crippen molar-refractivity contribution in [2.24, 2.45) is 0 Å². The van der Waals surface area contributed by atoms with E-state index in [0.29, 0.717) is 18.5 Å². The second-order valence-corrected chi connectivity index (χ2v) is 9.37. The van der Waals surface area contributed by atoms with Gasteiger partial charge in [-0.05, 0) is 24.5 Å². The Morgan fingerprint density at radius 2 is 1.93 bits per heavy atom. The summed E-state index contributed by atoms with van der Waals surface area (Å²) >= 11 is 0. The third-order valence-corrected chi connectivity index (χ3v) is 6.91. The van der Waals surface area contributed by atoms with Crippen LogP contribution in [0.2, 0.25) is 0 Å². The van der Waals surface area contributed by atoms with Crippen LogP contribution in [0.1, 0.15) is 36.5 Å². The predicted octanol–water partition coefficient (Wildman–Crippen LogP) is 1.30. The summed E-state index contributed by atoms with van der Waals surface area (Å²) in [6.45, 7) is 1.48. The van der Waals surface area contributed by atoms with Crippen LogP contribution >= 0.6 is 0 Å². The number of benzene rings is 1. The lowest BCUT2D eigenvalue weighted by Gasteiger charge is -2.15. The molecule has 158 valence electrons. The van der Waals surface area contributed by atoms with Gasteiger partial charge in [-0.2, -0.15) is 0 Å². The summed E-state index contributed by atoms with van der Waals surface area (Å²) in [5.74, 6) is 1.92. The highest BCUT2D eigenvalue weighted by Crippen LogP contribution is 2.18. The number of carbonyl (C=O) groups excluding carboxylic acids is 1. The second-order valence-electron chi connectivity index (χ2n) is 7.25. The van der Waals surface area contributed by atoms with Gasteiger partial charge < -0.3 is 15.2 Å².